The average molecular weight is 215 g/mol. The second-order valence-electron chi connectivity index (χ2n) is 4.20. The van der Waals surface area contributed by atoms with E-state index in [1.807, 2.05) is 0 Å². The van der Waals surface area contributed by atoms with Crippen LogP contribution >= 0.6 is 0 Å². The molecule has 0 amide bonds. The first-order chi connectivity index (χ1) is 7.09. The van der Waals surface area contributed by atoms with Crippen LogP contribution < -0.4 is 11.1 Å². The molecule has 3 nitrogen and oxygen atoms in total. The molecule has 0 aromatic rings. The highest BCUT2D eigenvalue weighted by atomic mass is 19.3. The highest BCUT2D eigenvalue weighted by Crippen LogP contribution is 2.29. The van der Waals surface area contributed by atoms with Gasteiger partial charge in [0.2, 0.25) is 0 Å². The number of fused-ring (bicyclic) bond motifs is 2. The van der Waals surface area contributed by atoms with Gasteiger partial charge >= 0.3 is 0 Å². The molecule has 4 N–H and O–H groups in total. The van der Waals surface area contributed by atoms with Crippen LogP contribution in [0.2, 0.25) is 0 Å². The van der Waals surface area contributed by atoms with Gasteiger partial charge in [0.25, 0.3) is 6.43 Å². The molecule has 2 heterocycles. The summed E-state index contributed by atoms with van der Waals surface area (Å²) in [6.45, 7) is 0. The molecular formula is C10H15F2N3. The highest BCUT2D eigenvalue weighted by Gasteiger charge is 2.34. The van der Waals surface area contributed by atoms with Crippen LogP contribution in [-0.4, -0.2) is 24.2 Å². The molecule has 0 aromatic heterocycles. The smallest absolute Gasteiger partial charge is 0.280 e. The minimum atomic E-state index is -2.72. The van der Waals surface area contributed by atoms with Gasteiger partial charge in [-0.3, -0.25) is 5.41 Å². The fraction of sp³-hybridized carbons (Fsp3) is 0.700. The van der Waals surface area contributed by atoms with Gasteiger partial charge in [0.1, 0.15) is 5.71 Å². The number of hydrogen-bond acceptors (Lipinski definition) is 3. The Morgan fingerprint density at radius 2 is 2.20 bits per heavy atom. The molecule has 0 aliphatic carbocycles. The quantitative estimate of drug-likeness (QED) is 0.610. The third kappa shape index (κ3) is 1.88. The van der Waals surface area contributed by atoms with E-state index < -0.39 is 12.1 Å². The topological polar surface area (TPSA) is 61.9 Å². The van der Waals surface area contributed by atoms with Gasteiger partial charge in [-0.2, -0.15) is 0 Å². The second kappa shape index (κ2) is 3.89. The molecule has 2 aliphatic heterocycles. The van der Waals surface area contributed by atoms with E-state index in [4.69, 9.17) is 11.1 Å². The van der Waals surface area contributed by atoms with Crippen molar-refractivity contribution in [2.45, 2.75) is 44.2 Å². The summed E-state index contributed by atoms with van der Waals surface area (Å²) < 4.78 is 24.9. The van der Waals surface area contributed by atoms with Gasteiger partial charge in [-0.25, -0.2) is 8.78 Å². The van der Waals surface area contributed by atoms with Gasteiger partial charge in [-0.15, -0.1) is 0 Å². The highest BCUT2D eigenvalue weighted by molar-refractivity contribution is 6.01. The molecule has 5 heteroatoms. The predicted molar refractivity (Wildman–Crippen MR) is 54.1 cm³/mol. The van der Waals surface area contributed by atoms with Gasteiger partial charge in [0.15, 0.2) is 0 Å². The Hall–Kier alpha value is -0.970. The van der Waals surface area contributed by atoms with E-state index >= 15 is 0 Å². The normalized spacial score (nSPS) is 30.9. The van der Waals surface area contributed by atoms with Crippen molar-refractivity contribution in [1.29, 1.82) is 5.41 Å². The molecule has 2 rings (SSSR count). The molecule has 2 atom stereocenters. The summed E-state index contributed by atoms with van der Waals surface area (Å²) in [5, 5.41) is 10.6. The molecule has 84 valence electrons. The van der Waals surface area contributed by atoms with E-state index in [1.54, 1.807) is 0 Å². The number of piperidine rings is 1. The molecule has 0 spiro atoms. The van der Waals surface area contributed by atoms with Crippen molar-refractivity contribution in [1.82, 2.24) is 5.32 Å². The number of halogens is 2. The Morgan fingerprint density at radius 3 is 2.87 bits per heavy atom. The SMILES string of the molecule is N=C(C1=C(N)CC2CCCC1N2)C(F)F. The number of nitrogens with one attached hydrogen (secondary N) is 2. The maximum Gasteiger partial charge on any atom is 0.280 e. The fourth-order valence-corrected chi connectivity index (χ4v) is 2.49. The Morgan fingerprint density at radius 1 is 1.47 bits per heavy atom. The lowest BCUT2D eigenvalue weighted by atomic mass is 9.83. The predicted octanol–water partition coefficient (Wildman–Crippen LogP) is 1.40. The molecule has 0 saturated carbocycles. The van der Waals surface area contributed by atoms with Gasteiger partial charge in [0.05, 0.1) is 0 Å². The molecular weight excluding hydrogens is 200 g/mol. The maximum absolute atomic E-state index is 12.5. The number of hydrogen-bond donors (Lipinski definition) is 3. The lowest BCUT2D eigenvalue weighted by Crippen LogP contribution is -2.50. The van der Waals surface area contributed by atoms with Crippen molar-refractivity contribution < 1.29 is 8.78 Å². The van der Waals surface area contributed by atoms with E-state index in [0.717, 1.165) is 19.3 Å². The van der Waals surface area contributed by atoms with Crippen molar-refractivity contribution in [3.8, 4) is 0 Å². The van der Waals surface area contributed by atoms with E-state index in [0.29, 0.717) is 23.7 Å². The van der Waals surface area contributed by atoms with Crippen molar-refractivity contribution in [3.05, 3.63) is 11.3 Å². The standard InChI is InChI=1S/C10H15F2N3/c11-10(12)9(14)8-6(13)4-5-2-1-3-7(8)15-5/h5,7,10,14-15H,1-4,13H2. The van der Waals surface area contributed by atoms with Crippen LogP contribution in [0.4, 0.5) is 8.78 Å². The first-order valence-corrected chi connectivity index (χ1v) is 5.21. The van der Waals surface area contributed by atoms with Crippen molar-refractivity contribution >= 4 is 5.71 Å². The van der Waals surface area contributed by atoms with Crippen LogP contribution in [0.5, 0.6) is 0 Å². The monoisotopic (exact) mass is 215 g/mol. The minimum Gasteiger partial charge on any atom is -0.402 e. The molecule has 2 unspecified atom stereocenters. The summed E-state index contributed by atoms with van der Waals surface area (Å²) in [5.74, 6) is 0. The molecule has 1 saturated heterocycles. The summed E-state index contributed by atoms with van der Waals surface area (Å²) in [4.78, 5) is 0. The van der Waals surface area contributed by atoms with Crippen LogP contribution in [0, 0.1) is 5.41 Å². The van der Waals surface area contributed by atoms with Gasteiger partial charge in [-0.05, 0) is 19.3 Å². The first-order valence-electron chi connectivity index (χ1n) is 5.21. The largest absolute Gasteiger partial charge is 0.402 e. The molecule has 2 bridgehead atoms. The van der Waals surface area contributed by atoms with Crippen molar-refractivity contribution in [2.24, 2.45) is 5.73 Å². The molecule has 2 aliphatic rings. The van der Waals surface area contributed by atoms with Crippen LogP contribution in [0.1, 0.15) is 25.7 Å². The molecule has 0 radical (unpaired) electrons. The van der Waals surface area contributed by atoms with E-state index in [2.05, 4.69) is 5.32 Å². The molecule has 0 aromatic carbocycles. The average Bonchev–Trinajstić information content (AvgIpc) is 2.17. The Balaban J connectivity index is 2.27. The third-order valence-electron chi connectivity index (χ3n) is 3.15. The third-order valence-corrected chi connectivity index (χ3v) is 3.15. The summed E-state index contributed by atoms with van der Waals surface area (Å²) in [6.07, 6.45) is 0.754. The zero-order valence-electron chi connectivity index (χ0n) is 8.39. The zero-order valence-corrected chi connectivity index (χ0v) is 8.39. The lowest BCUT2D eigenvalue weighted by molar-refractivity contribution is 0.222. The van der Waals surface area contributed by atoms with Gasteiger partial charge in [0, 0.05) is 29.8 Å². The van der Waals surface area contributed by atoms with Gasteiger partial charge < -0.3 is 11.1 Å². The molecule has 1 fully saturated rings. The summed E-state index contributed by atoms with van der Waals surface area (Å²) in [5.41, 5.74) is 6.00. The Kier molecular flexibility index (Phi) is 2.73. The van der Waals surface area contributed by atoms with Crippen LogP contribution in [0.3, 0.4) is 0 Å². The van der Waals surface area contributed by atoms with Crippen molar-refractivity contribution in [2.75, 3.05) is 0 Å². The van der Waals surface area contributed by atoms with Crippen LogP contribution in [0.25, 0.3) is 0 Å². The summed E-state index contributed by atoms with van der Waals surface area (Å²) in [6, 6.07) is 0.192. The van der Waals surface area contributed by atoms with Crippen LogP contribution in [-0.2, 0) is 0 Å². The number of nitrogens with two attached hydrogens (primary N) is 1. The second-order valence-corrected chi connectivity index (χ2v) is 4.20. The summed E-state index contributed by atoms with van der Waals surface area (Å²) in [7, 11) is 0. The maximum atomic E-state index is 12.5. The molecule has 15 heavy (non-hydrogen) atoms. The van der Waals surface area contributed by atoms with E-state index in [9.17, 15) is 8.78 Å². The zero-order chi connectivity index (χ0) is 11.0. The van der Waals surface area contributed by atoms with E-state index in [-0.39, 0.29) is 6.04 Å². The van der Waals surface area contributed by atoms with E-state index in [1.165, 1.54) is 0 Å². The van der Waals surface area contributed by atoms with Gasteiger partial charge in [-0.1, -0.05) is 0 Å². The van der Waals surface area contributed by atoms with Crippen molar-refractivity contribution in [3.63, 3.8) is 0 Å². The fourth-order valence-electron chi connectivity index (χ4n) is 2.49. The Labute approximate surface area is 87.2 Å². The first kappa shape index (κ1) is 10.5. The lowest BCUT2D eigenvalue weighted by Gasteiger charge is -2.38. The van der Waals surface area contributed by atoms with Crippen LogP contribution in [0.15, 0.2) is 11.3 Å². The summed E-state index contributed by atoms with van der Waals surface area (Å²) >= 11 is 0. The Bertz CT molecular complexity index is 312. The number of rotatable bonds is 2. The minimum absolute atomic E-state index is 0.126. The number of alkyl halides is 2.